The van der Waals surface area contributed by atoms with E-state index in [1.165, 1.54) is 20.0 Å². The van der Waals surface area contributed by atoms with E-state index < -0.39 is 63.6 Å². The number of carbonyl (C=O) groups is 5. The Morgan fingerprint density at radius 2 is 1.54 bits per heavy atom. The molecule has 1 aliphatic heterocycles. The fourth-order valence-corrected chi connectivity index (χ4v) is 6.29. The molecule has 3 aromatic carbocycles. The minimum atomic E-state index is -1.62. The molecule has 254 valence electrons. The summed E-state index contributed by atoms with van der Waals surface area (Å²) in [6.07, 6.45) is 3.27. The third-order valence-corrected chi connectivity index (χ3v) is 8.59. The van der Waals surface area contributed by atoms with Gasteiger partial charge in [-0.15, -0.1) is 0 Å². The summed E-state index contributed by atoms with van der Waals surface area (Å²) in [5.41, 5.74) is -0.370. The van der Waals surface area contributed by atoms with Crippen LogP contribution in [-0.4, -0.2) is 45.5 Å². The highest BCUT2D eigenvalue weighted by Gasteiger charge is 2.33. The highest BCUT2D eigenvalue weighted by molar-refractivity contribution is 6.22. The number of aromatic nitrogens is 2. The molecule has 2 aromatic heterocycles. The Labute approximate surface area is 282 Å². The molecule has 50 heavy (non-hydrogen) atoms. The van der Waals surface area contributed by atoms with Crippen molar-refractivity contribution in [3.8, 4) is 11.1 Å². The normalized spacial score (nSPS) is 14.0. The van der Waals surface area contributed by atoms with Crippen molar-refractivity contribution in [2.45, 2.75) is 34.1 Å². The van der Waals surface area contributed by atoms with Crippen LogP contribution in [0.5, 0.6) is 0 Å². The molecular weight excluding hydrogens is 656 g/mol. The van der Waals surface area contributed by atoms with Crippen molar-refractivity contribution >= 4 is 51.8 Å². The molecule has 1 aliphatic rings. The summed E-state index contributed by atoms with van der Waals surface area (Å²) in [5, 5.41) is 0.0738. The van der Waals surface area contributed by atoms with Gasteiger partial charge in [0.1, 0.15) is 23.1 Å². The van der Waals surface area contributed by atoms with Crippen molar-refractivity contribution < 1.29 is 41.5 Å². The molecule has 0 aliphatic carbocycles. The van der Waals surface area contributed by atoms with Crippen molar-refractivity contribution in [2.24, 2.45) is 5.92 Å². The van der Waals surface area contributed by atoms with Crippen molar-refractivity contribution in [2.75, 3.05) is 16.3 Å². The van der Waals surface area contributed by atoms with E-state index >= 15 is 8.78 Å². The smallest absolute Gasteiger partial charge is 0.268 e. The third-order valence-electron chi connectivity index (χ3n) is 8.59. The number of carbonyl (C=O) groups excluding carboxylic acids is 5. The first-order chi connectivity index (χ1) is 23.7. The second-order valence-corrected chi connectivity index (χ2v) is 12.2. The Kier molecular flexibility index (Phi) is 8.68. The molecule has 0 saturated heterocycles. The minimum Gasteiger partial charge on any atom is -0.312 e. The molecule has 0 N–H and O–H groups in total. The summed E-state index contributed by atoms with van der Waals surface area (Å²) in [5.74, 6) is -9.46. The number of rotatable bonds is 5. The largest absolute Gasteiger partial charge is 0.312 e. The Hall–Kier alpha value is -5.98. The van der Waals surface area contributed by atoms with E-state index in [0.29, 0.717) is 42.3 Å². The fraction of sp³-hybridized carbons (Fsp3) is 0.189. The quantitative estimate of drug-likeness (QED) is 0.147. The van der Waals surface area contributed by atoms with Gasteiger partial charge < -0.3 is 4.90 Å². The van der Waals surface area contributed by atoms with Gasteiger partial charge in [0.2, 0.25) is 23.5 Å². The van der Waals surface area contributed by atoms with Crippen LogP contribution in [0.2, 0.25) is 0 Å². The van der Waals surface area contributed by atoms with Gasteiger partial charge in [-0.25, -0.2) is 27.4 Å². The van der Waals surface area contributed by atoms with E-state index in [1.807, 2.05) is 19.1 Å². The molecule has 6 rings (SSSR count). The average molecular weight is 685 g/mol. The van der Waals surface area contributed by atoms with E-state index in [2.05, 4.69) is 4.98 Å². The molecule has 13 heteroatoms. The van der Waals surface area contributed by atoms with Crippen molar-refractivity contribution in [1.82, 2.24) is 9.55 Å². The second kappa shape index (κ2) is 12.8. The number of anilines is 2. The predicted molar refractivity (Wildman–Crippen MR) is 176 cm³/mol. The van der Waals surface area contributed by atoms with Gasteiger partial charge in [-0.3, -0.25) is 28.5 Å². The van der Waals surface area contributed by atoms with Crippen molar-refractivity contribution in [1.29, 1.82) is 0 Å². The molecule has 3 amide bonds. The maximum absolute atomic E-state index is 16.2. The topological polar surface area (TPSA) is 110 Å². The van der Waals surface area contributed by atoms with E-state index in [-0.39, 0.29) is 33.3 Å². The monoisotopic (exact) mass is 684 g/mol. The van der Waals surface area contributed by atoms with Gasteiger partial charge in [0.15, 0.2) is 5.82 Å². The lowest BCUT2D eigenvalue weighted by atomic mass is 9.91. The molecule has 0 bridgehead atoms. The second-order valence-electron chi connectivity index (χ2n) is 12.2. The van der Waals surface area contributed by atoms with Gasteiger partial charge in [-0.2, -0.15) is 0 Å². The number of fused-ring (bicyclic) bond motifs is 2. The van der Waals surface area contributed by atoms with E-state index in [4.69, 9.17) is 0 Å². The molecule has 0 spiro atoms. The number of hydrogen-bond donors (Lipinski definition) is 0. The van der Waals surface area contributed by atoms with Gasteiger partial charge in [0.25, 0.3) is 5.91 Å². The van der Waals surface area contributed by atoms with Crippen LogP contribution in [0.4, 0.5) is 28.9 Å². The standard InChI is InChI=1S/C37H28F4N4O5/c1-18-11-23-12-22(5-9-31(23)43(16-18)19(2)46)24-13-26-28(17-44(20(3)47)36(26)42-15-24)35(49)33-30(40)8-10-32(34(33)41)45(21(4)48)37(50)27-14-25(38)6-7-29(27)39/h5-10,12-15,17-18H,11,16H2,1-4H3. The number of hydrogen-bond acceptors (Lipinski definition) is 6. The lowest BCUT2D eigenvalue weighted by Gasteiger charge is -2.32. The number of imide groups is 1. The third kappa shape index (κ3) is 5.84. The van der Waals surface area contributed by atoms with Crippen molar-refractivity contribution in [3.05, 3.63) is 113 Å². The van der Waals surface area contributed by atoms with Gasteiger partial charge in [0.05, 0.1) is 22.4 Å². The first-order valence-electron chi connectivity index (χ1n) is 15.4. The van der Waals surface area contributed by atoms with Gasteiger partial charge in [-0.05, 0) is 72.0 Å². The summed E-state index contributed by atoms with van der Waals surface area (Å²) in [6, 6.07) is 10.3. The number of nitrogens with zero attached hydrogens (tertiary/aromatic N) is 4. The van der Waals surface area contributed by atoms with Gasteiger partial charge in [-0.1, -0.05) is 13.0 Å². The molecule has 0 saturated carbocycles. The van der Waals surface area contributed by atoms with E-state index in [9.17, 15) is 32.8 Å². The number of ketones is 1. The fourth-order valence-electron chi connectivity index (χ4n) is 6.29. The van der Waals surface area contributed by atoms with Crippen LogP contribution in [0, 0.1) is 29.2 Å². The maximum Gasteiger partial charge on any atom is 0.268 e. The SMILES string of the molecule is CC(=O)N1CC(C)Cc2cc(-c3cnc4c(c3)c(C(=O)c3c(F)ccc(N(C(C)=O)C(=O)c5cc(F)ccc5F)c3F)cn4C(C)=O)ccc21. The maximum atomic E-state index is 16.2. The molecule has 0 radical (unpaired) electrons. The van der Waals surface area contributed by atoms with Gasteiger partial charge >= 0.3 is 0 Å². The lowest BCUT2D eigenvalue weighted by molar-refractivity contribution is -0.117. The Bertz CT molecular complexity index is 2300. The van der Waals surface area contributed by atoms with Crippen LogP contribution in [0.3, 0.4) is 0 Å². The van der Waals surface area contributed by atoms with E-state index in [1.54, 1.807) is 17.0 Å². The van der Waals surface area contributed by atoms with Crippen LogP contribution in [0.15, 0.2) is 67.0 Å². The number of benzene rings is 3. The number of halogens is 4. The van der Waals surface area contributed by atoms with Gasteiger partial charge in [0, 0.05) is 56.3 Å². The predicted octanol–water partition coefficient (Wildman–Crippen LogP) is 6.89. The first-order valence-corrected chi connectivity index (χ1v) is 15.4. The summed E-state index contributed by atoms with van der Waals surface area (Å²) in [6.45, 7) is 6.16. The lowest BCUT2D eigenvalue weighted by Crippen LogP contribution is -2.37. The highest BCUT2D eigenvalue weighted by Crippen LogP contribution is 2.36. The first kappa shape index (κ1) is 33.9. The Morgan fingerprint density at radius 1 is 0.820 bits per heavy atom. The molecule has 0 fully saturated rings. The molecule has 1 atom stereocenters. The van der Waals surface area contributed by atoms with Crippen molar-refractivity contribution in [3.63, 3.8) is 0 Å². The summed E-state index contributed by atoms with van der Waals surface area (Å²) >= 11 is 0. The van der Waals surface area contributed by atoms with E-state index in [0.717, 1.165) is 41.1 Å². The zero-order chi connectivity index (χ0) is 36.2. The summed E-state index contributed by atoms with van der Waals surface area (Å²) in [7, 11) is 0. The summed E-state index contributed by atoms with van der Waals surface area (Å²) in [4.78, 5) is 71.0. The Morgan fingerprint density at radius 3 is 2.22 bits per heavy atom. The van der Waals surface area contributed by atoms with Crippen LogP contribution >= 0.6 is 0 Å². The van der Waals surface area contributed by atoms with Crippen LogP contribution in [0.25, 0.3) is 22.2 Å². The van der Waals surface area contributed by atoms with Crippen LogP contribution in [0.1, 0.15) is 64.3 Å². The number of amides is 3. The minimum absolute atomic E-state index is 0.0260. The summed E-state index contributed by atoms with van der Waals surface area (Å²) < 4.78 is 61.0. The zero-order valence-electron chi connectivity index (χ0n) is 27.2. The van der Waals surface area contributed by atoms with Crippen LogP contribution in [-0.2, 0) is 16.0 Å². The molecule has 5 aromatic rings. The Balaban J connectivity index is 1.47. The average Bonchev–Trinajstić information content (AvgIpc) is 3.45. The number of pyridine rings is 1. The zero-order valence-corrected chi connectivity index (χ0v) is 27.2. The molecule has 1 unspecified atom stereocenters. The highest BCUT2D eigenvalue weighted by atomic mass is 19.1. The molecule has 9 nitrogen and oxygen atoms in total. The molecular formula is C37H28F4N4O5. The molecule has 3 heterocycles. The van der Waals surface area contributed by atoms with Crippen LogP contribution < -0.4 is 9.80 Å².